The smallest absolute Gasteiger partial charge is 0.159 e. The zero-order valence-corrected chi connectivity index (χ0v) is 27.8. The molecule has 2 aromatic heterocycles. The minimum atomic E-state index is 0.770. The molecule has 9 rings (SSSR count). The lowest BCUT2D eigenvalue weighted by Gasteiger charge is -2.25. The Balaban J connectivity index is 1.15. The van der Waals surface area contributed by atoms with Crippen LogP contribution in [0, 0.1) is 0 Å². The van der Waals surface area contributed by atoms with Gasteiger partial charge in [-0.15, -0.1) is 0 Å². The number of hydrogen-bond acceptors (Lipinski definition) is 2. The molecule has 0 aliphatic carbocycles. The first kappa shape index (κ1) is 29.6. The summed E-state index contributed by atoms with van der Waals surface area (Å²) in [6.45, 7) is 6.04. The van der Waals surface area contributed by atoms with Crippen LogP contribution in [0.1, 0.15) is 18.2 Å². The second-order valence-corrected chi connectivity index (χ2v) is 12.6. The summed E-state index contributed by atoms with van der Waals surface area (Å²) >= 11 is 0. The minimum Gasteiger partial charge on any atom is -0.454 e. The summed E-state index contributed by atoms with van der Waals surface area (Å²) in [5.41, 5.74) is 10.8. The molecule has 0 saturated carbocycles. The highest BCUT2D eigenvalue weighted by atomic mass is 16.3. The number of anilines is 3. The van der Waals surface area contributed by atoms with E-state index in [1.54, 1.807) is 6.08 Å². The van der Waals surface area contributed by atoms with Gasteiger partial charge in [-0.05, 0) is 95.6 Å². The van der Waals surface area contributed by atoms with Gasteiger partial charge in [-0.25, -0.2) is 0 Å². The van der Waals surface area contributed by atoms with E-state index < -0.39 is 0 Å². The van der Waals surface area contributed by atoms with Crippen LogP contribution in [0.2, 0.25) is 0 Å². The van der Waals surface area contributed by atoms with Gasteiger partial charge < -0.3 is 13.9 Å². The number of fused-ring (bicyclic) bond motifs is 5. The summed E-state index contributed by atoms with van der Waals surface area (Å²) < 4.78 is 8.85. The van der Waals surface area contributed by atoms with Crippen molar-refractivity contribution in [3.63, 3.8) is 0 Å². The van der Waals surface area contributed by atoms with E-state index in [4.69, 9.17) is 4.42 Å². The maximum atomic E-state index is 6.47. The van der Waals surface area contributed by atoms with Gasteiger partial charge >= 0.3 is 0 Å². The van der Waals surface area contributed by atoms with Crippen molar-refractivity contribution in [1.29, 1.82) is 0 Å². The maximum absolute atomic E-state index is 6.47. The number of nitrogens with zero attached hydrogens (tertiary/aromatic N) is 2. The van der Waals surface area contributed by atoms with E-state index in [2.05, 4.69) is 174 Å². The number of aromatic nitrogens is 1. The van der Waals surface area contributed by atoms with Crippen molar-refractivity contribution >= 4 is 72.8 Å². The molecular formula is C47H34N2O. The molecule has 50 heavy (non-hydrogen) atoms. The van der Waals surface area contributed by atoms with Gasteiger partial charge in [-0.1, -0.05) is 116 Å². The van der Waals surface area contributed by atoms with Crippen LogP contribution < -0.4 is 4.90 Å². The third-order valence-electron chi connectivity index (χ3n) is 9.66. The number of rotatable bonds is 7. The van der Waals surface area contributed by atoms with Gasteiger partial charge in [-0.3, -0.25) is 0 Å². The second-order valence-electron chi connectivity index (χ2n) is 12.6. The molecule has 0 spiro atoms. The zero-order chi connectivity index (χ0) is 33.6. The van der Waals surface area contributed by atoms with Crippen molar-refractivity contribution in [2.75, 3.05) is 4.90 Å². The predicted octanol–water partition coefficient (Wildman–Crippen LogP) is 13.5. The number of furan rings is 1. The molecular weight excluding hydrogens is 609 g/mol. The minimum absolute atomic E-state index is 0.770. The molecule has 238 valence electrons. The molecule has 3 heteroatoms. The first-order valence-electron chi connectivity index (χ1n) is 17.0. The Morgan fingerprint density at radius 3 is 2.10 bits per heavy atom. The lowest BCUT2D eigenvalue weighted by Crippen LogP contribution is -2.10. The van der Waals surface area contributed by atoms with Gasteiger partial charge in [0.05, 0.1) is 16.7 Å². The van der Waals surface area contributed by atoms with Crippen LogP contribution in [0.5, 0.6) is 0 Å². The van der Waals surface area contributed by atoms with E-state index in [1.807, 2.05) is 19.1 Å². The van der Waals surface area contributed by atoms with Crippen molar-refractivity contribution in [3.05, 3.63) is 182 Å². The molecule has 0 amide bonds. The fourth-order valence-corrected chi connectivity index (χ4v) is 7.36. The average molecular weight is 643 g/mol. The Labute approximate surface area is 291 Å². The molecule has 0 radical (unpaired) electrons. The molecule has 0 aliphatic heterocycles. The van der Waals surface area contributed by atoms with Gasteiger partial charge in [0.2, 0.25) is 0 Å². The van der Waals surface area contributed by atoms with E-state index in [0.717, 1.165) is 50.6 Å². The fourth-order valence-electron chi connectivity index (χ4n) is 7.36. The second kappa shape index (κ2) is 12.1. The van der Waals surface area contributed by atoms with Crippen molar-refractivity contribution in [1.82, 2.24) is 4.57 Å². The van der Waals surface area contributed by atoms with Crippen LogP contribution in [0.4, 0.5) is 17.1 Å². The molecule has 3 nitrogen and oxygen atoms in total. The predicted molar refractivity (Wildman–Crippen MR) is 213 cm³/mol. The van der Waals surface area contributed by atoms with Gasteiger partial charge in [0.25, 0.3) is 0 Å². The molecule has 0 saturated heterocycles. The third-order valence-corrected chi connectivity index (χ3v) is 9.66. The van der Waals surface area contributed by atoms with Crippen molar-refractivity contribution in [3.8, 4) is 16.8 Å². The molecule has 9 aromatic rings. The van der Waals surface area contributed by atoms with Crippen LogP contribution in [-0.2, 0) is 0 Å². The van der Waals surface area contributed by atoms with Crippen LogP contribution in [0.15, 0.2) is 175 Å². The molecule has 0 fully saturated rings. The zero-order valence-electron chi connectivity index (χ0n) is 27.8. The van der Waals surface area contributed by atoms with Crippen LogP contribution in [-0.4, -0.2) is 4.57 Å². The first-order chi connectivity index (χ1) is 24.7. The van der Waals surface area contributed by atoms with Crippen molar-refractivity contribution < 1.29 is 4.42 Å². The normalized spacial score (nSPS) is 11.7. The van der Waals surface area contributed by atoms with Gasteiger partial charge in [0.1, 0.15) is 5.76 Å². The van der Waals surface area contributed by atoms with Gasteiger partial charge in [0.15, 0.2) is 5.58 Å². The van der Waals surface area contributed by atoms with E-state index in [0.29, 0.717) is 0 Å². The summed E-state index contributed by atoms with van der Waals surface area (Å²) in [4.78, 5) is 2.27. The lowest BCUT2D eigenvalue weighted by atomic mass is 10.0. The summed E-state index contributed by atoms with van der Waals surface area (Å²) in [7, 11) is 0. The first-order valence-corrected chi connectivity index (χ1v) is 17.0. The molecule has 2 heterocycles. The Kier molecular flexibility index (Phi) is 7.18. The quantitative estimate of drug-likeness (QED) is 0.172. The largest absolute Gasteiger partial charge is 0.454 e. The molecule has 0 aliphatic rings. The number of allylic oxidation sites excluding steroid dienone is 1. The van der Waals surface area contributed by atoms with E-state index in [9.17, 15) is 0 Å². The maximum Gasteiger partial charge on any atom is 0.159 e. The Hall–Kier alpha value is -6.58. The van der Waals surface area contributed by atoms with E-state index >= 15 is 0 Å². The Morgan fingerprint density at radius 1 is 0.580 bits per heavy atom. The summed E-state index contributed by atoms with van der Waals surface area (Å²) in [5.74, 6) is 0.770. The van der Waals surface area contributed by atoms with Crippen LogP contribution in [0.3, 0.4) is 0 Å². The van der Waals surface area contributed by atoms with Crippen LogP contribution in [0.25, 0.3) is 72.5 Å². The average Bonchev–Trinajstić information content (AvgIpc) is 3.71. The van der Waals surface area contributed by atoms with E-state index in [1.165, 1.54) is 38.1 Å². The molecule has 0 N–H and O–H groups in total. The summed E-state index contributed by atoms with van der Waals surface area (Å²) in [6, 6.07) is 56.5. The molecule has 0 unspecified atom stereocenters. The Bertz CT molecular complexity index is 2730. The monoisotopic (exact) mass is 642 g/mol. The molecule has 0 bridgehead atoms. The summed E-state index contributed by atoms with van der Waals surface area (Å²) in [5, 5.41) is 6.02. The number of para-hydroxylation sites is 3. The fraction of sp³-hybridized carbons (Fsp3) is 0.0213. The van der Waals surface area contributed by atoms with Gasteiger partial charge in [-0.2, -0.15) is 0 Å². The SMILES string of the molecule is C=Cc1oc2c(N(c3ccccc3)c3ccc(-c4ccc5c(c4)c4ccccc4n5-c4ccc5ccccc5c4)cc3)cccc2c1/C=C\C. The molecule has 7 aromatic carbocycles. The topological polar surface area (TPSA) is 21.3 Å². The van der Waals surface area contributed by atoms with Gasteiger partial charge in [0, 0.05) is 38.8 Å². The number of benzene rings is 7. The Morgan fingerprint density at radius 2 is 1.28 bits per heavy atom. The third kappa shape index (κ3) is 4.83. The number of hydrogen-bond donors (Lipinski definition) is 0. The summed E-state index contributed by atoms with van der Waals surface area (Å²) in [6.07, 6.45) is 5.91. The van der Waals surface area contributed by atoms with E-state index in [-0.39, 0.29) is 0 Å². The van der Waals surface area contributed by atoms with Crippen LogP contribution >= 0.6 is 0 Å². The highest BCUT2D eigenvalue weighted by Gasteiger charge is 2.20. The van der Waals surface area contributed by atoms with Crippen molar-refractivity contribution in [2.45, 2.75) is 6.92 Å². The highest BCUT2D eigenvalue weighted by molar-refractivity contribution is 6.11. The lowest BCUT2D eigenvalue weighted by molar-refractivity contribution is 0.604. The van der Waals surface area contributed by atoms with Crippen molar-refractivity contribution in [2.24, 2.45) is 0 Å². The highest BCUT2D eigenvalue weighted by Crippen LogP contribution is 2.43. The standard InChI is InChI=1S/C47H34N2O/c1-3-13-40-41-19-12-21-45(47(41)50-46(40)4-2)48(36-16-6-5-7-17-36)37-26-22-33(23-27-37)35-25-29-44-42(31-35)39-18-10-11-20-43(39)49(44)38-28-24-32-14-8-9-15-34(32)30-38/h3-31H,2H2,1H3/b13-3-. The molecule has 0 atom stereocenters.